The molecule has 0 aromatic carbocycles. The summed E-state index contributed by atoms with van der Waals surface area (Å²) in [5, 5.41) is 3.45. The molecule has 1 fully saturated rings. The first-order valence-corrected chi connectivity index (χ1v) is 9.16. The number of hydrogen-bond acceptors (Lipinski definition) is 4. The highest BCUT2D eigenvalue weighted by atomic mass is 32.2. The molecule has 2 unspecified atom stereocenters. The Bertz CT molecular complexity index is 568. The summed E-state index contributed by atoms with van der Waals surface area (Å²) in [5.41, 5.74) is 0. The smallest absolute Gasteiger partial charge is 0.259 e. The van der Waals surface area contributed by atoms with E-state index in [4.69, 9.17) is 0 Å². The third-order valence-electron chi connectivity index (χ3n) is 4.22. The number of nitrogens with one attached hydrogen (secondary N) is 2. The molecule has 2 rings (SSSR count). The highest BCUT2D eigenvalue weighted by molar-refractivity contribution is 7.89. The Hall–Kier alpha value is -0.920. The largest absolute Gasteiger partial charge is 0.334 e. The van der Waals surface area contributed by atoms with Crippen molar-refractivity contribution < 1.29 is 8.42 Å². The fraction of sp³-hybridized carbons (Fsp3) is 0.786. The van der Waals surface area contributed by atoms with Crippen molar-refractivity contribution in [3.8, 4) is 0 Å². The van der Waals surface area contributed by atoms with Crippen LogP contribution in [0, 0.1) is 18.8 Å². The average molecular weight is 314 g/mol. The maximum Gasteiger partial charge on any atom is 0.259 e. The summed E-state index contributed by atoms with van der Waals surface area (Å²) < 4.78 is 29.3. The molecule has 0 spiro atoms. The second-order valence-corrected chi connectivity index (χ2v) is 7.62. The van der Waals surface area contributed by atoms with Gasteiger partial charge in [-0.15, -0.1) is 0 Å². The van der Waals surface area contributed by atoms with E-state index < -0.39 is 10.0 Å². The minimum Gasteiger partial charge on any atom is -0.334 e. The zero-order valence-electron chi connectivity index (χ0n) is 13.1. The lowest BCUT2D eigenvalue weighted by molar-refractivity contribution is 0.275. The molecular weight excluding hydrogens is 288 g/mol. The number of sulfonamides is 1. The summed E-state index contributed by atoms with van der Waals surface area (Å²) in [6, 6.07) is 0. The van der Waals surface area contributed by atoms with Crippen molar-refractivity contribution in [1.82, 2.24) is 19.6 Å². The van der Waals surface area contributed by atoms with E-state index in [1.54, 1.807) is 6.20 Å². The van der Waals surface area contributed by atoms with E-state index in [0.717, 1.165) is 38.3 Å². The first-order chi connectivity index (χ1) is 9.94. The molecule has 2 N–H and O–H groups in total. The van der Waals surface area contributed by atoms with Gasteiger partial charge in [-0.3, -0.25) is 0 Å². The van der Waals surface area contributed by atoms with Crippen LogP contribution in [0.2, 0.25) is 0 Å². The monoisotopic (exact) mass is 314 g/mol. The molecular formula is C14H26N4O2S. The van der Waals surface area contributed by atoms with Crippen LogP contribution < -0.4 is 10.0 Å². The summed E-state index contributed by atoms with van der Waals surface area (Å²) in [4.78, 5) is 4.18. The van der Waals surface area contributed by atoms with Gasteiger partial charge in [0.15, 0.2) is 5.03 Å². The third kappa shape index (κ3) is 4.05. The van der Waals surface area contributed by atoms with Crippen LogP contribution in [0.25, 0.3) is 0 Å². The summed E-state index contributed by atoms with van der Waals surface area (Å²) in [6.07, 6.45) is 3.68. The normalized spacial score (nSPS) is 23.4. The minimum atomic E-state index is -3.51. The van der Waals surface area contributed by atoms with E-state index in [1.807, 2.05) is 11.5 Å². The molecule has 1 saturated heterocycles. The summed E-state index contributed by atoms with van der Waals surface area (Å²) in [5.74, 6) is 1.62. The lowest BCUT2D eigenvalue weighted by atomic mass is 9.88. The molecule has 2 heterocycles. The Labute approximate surface area is 127 Å². The number of aryl methyl sites for hydroxylation is 2. The molecule has 1 aromatic heterocycles. The molecule has 0 radical (unpaired) electrons. The Balaban J connectivity index is 2.02. The molecule has 0 aliphatic carbocycles. The van der Waals surface area contributed by atoms with Crippen molar-refractivity contribution in [3.05, 3.63) is 12.0 Å². The highest BCUT2D eigenvalue weighted by Crippen LogP contribution is 2.18. The van der Waals surface area contributed by atoms with E-state index in [-0.39, 0.29) is 5.03 Å². The van der Waals surface area contributed by atoms with Crippen molar-refractivity contribution >= 4 is 10.0 Å². The van der Waals surface area contributed by atoms with E-state index in [9.17, 15) is 8.42 Å². The van der Waals surface area contributed by atoms with Gasteiger partial charge in [0, 0.05) is 19.3 Å². The van der Waals surface area contributed by atoms with Gasteiger partial charge in [-0.2, -0.15) is 0 Å². The van der Waals surface area contributed by atoms with Crippen LogP contribution in [0.4, 0.5) is 0 Å². The fourth-order valence-electron chi connectivity index (χ4n) is 2.69. The minimum absolute atomic E-state index is 0.130. The number of piperidine rings is 1. The SMILES string of the molecule is CCCn1cc(S(=O)(=O)NCC2CNCCC2C)nc1C. The second kappa shape index (κ2) is 6.89. The van der Waals surface area contributed by atoms with Gasteiger partial charge in [0.25, 0.3) is 10.0 Å². The van der Waals surface area contributed by atoms with Crippen LogP contribution in [0.5, 0.6) is 0 Å². The molecule has 6 nitrogen and oxygen atoms in total. The van der Waals surface area contributed by atoms with Gasteiger partial charge in [-0.05, 0) is 44.7 Å². The first kappa shape index (κ1) is 16.5. The van der Waals surface area contributed by atoms with Gasteiger partial charge in [0.2, 0.25) is 0 Å². The van der Waals surface area contributed by atoms with Gasteiger partial charge in [-0.1, -0.05) is 13.8 Å². The highest BCUT2D eigenvalue weighted by Gasteiger charge is 2.25. The van der Waals surface area contributed by atoms with Crippen LogP contribution in [-0.2, 0) is 16.6 Å². The van der Waals surface area contributed by atoms with Gasteiger partial charge in [0.05, 0.1) is 0 Å². The van der Waals surface area contributed by atoms with E-state index in [1.165, 1.54) is 0 Å². The second-order valence-electron chi connectivity index (χ2n) is 5.90. The zero-order chi connectivity index (χ0) is 15.5. The number of nitrogens with zero attached hydrogens (tertiary/aromatic N) is 2. The predicted octanol–water partition coefficient (Wildman–Crippen LogP) is 1.13. The Morgan fingerprint density at radius 1 is 1.52 bits per heavy atom. The predicted molar refractivity (Wildman–Crippen MR) is 82.6 cm³/mol. The fourth-order valence-corrected chi connectivity index (χ4v) is 3.79. The van der Waals surface area contributed by atoms with Crippen molar-refractivity contribution in [3.63, 3.8) is 0 Å². The molecule has 1 aliphatic heterocycles. The van der Waals surface area contributed by atoms with Crippen molar-refractivity contribution in [2.24, 2.45) is 11.8 Å². The number of rotatable bonds is 6. The Kier molecular flexibility index (Phi) is 5.40. The molecule has 2 atom stereocenters. The molecule has 1 aliphatic rings. The van der Waals surface area contributed by atoms with Crippen LogP contribution in [0.1, 0.15) is 32.5 Å². The molecule has 0 amide bonds. The zero-order valence-corrected chi connectivity index (χ0v) is 13.9. The van der Waals surface area contributed by atoms with Gasteiger partial charge in [-0.25, -0.2) is 18.1 Å². The van der Waals surface area contributed by atoms with Crippen LogP contribution in [0.3, 0.4) is 0 Å². The van der Waals surface area contributed by atoms with Crippen LogP contribution in [-0.4, -0.2) is 37.6 Å². The van der Waals surface area contributed by atoms with Crippen LogP contribution in [0.15, 0.2) is 11.2 Å². The van der Waals surface area contributed by atoms with Gasteiger partial charge >= 0.3 is 0 Å². The molecule has 1 aromatic rings. The number of hydrogen-bond donors (Lipinski definition) is 2. The molecule has 7 heteroatoms. The maximum atomic E-state index is 12.3. The van der Waals surface area contributed by atoms with Crippen molar-refractivity contribution in [2.45, 2.75) is 45.2 Å². The lowest BCUT2D eigenvalue weighted by Crippen LogP contribution is -2.42. The molecule has 120 valence electrons. The lowest BCUT2D eigenvalue weighted by Gasteiger charge is -2.29. The van der Waals surface area contributed by atoms with E-state index in [0.29, 0.717) is 18.4 Å². The summed E-state index contributed by atoms with van der Waals surface area (Å²) >= 11 is 0. The number of imidazole rings is 1. The third-order valence-corrected chi connectivity index (χ3v) is 5.51. The standard InChI is InChI=1S/C14H26N4O2S/c1-4-7-18-10-14(17-12(18)3)21(19,20)16-9-13-8-15-6-5-11(13)2/h10-11,13,15-16H,4-9H2,1-3H3. The Morgan fingerprint density at radius 3 is 2.95 bits per heavy atom. The molecule has 0 saturated carbocycles. The average Bonchev–Trinajstić information content (AvgIpc) is 2.81. The first-order valence-electron chi connectivity index (χ1n) is 7.68. The number of aromatic nitrogens is 2. The quantitative estimate of drug-likeness (QED) is 0.825. The molecule has 21 heavy (non-hydrogen) atoms. The maximum absolute atomic E-state index is 12.3. The van der Waals surface area contributed by atoms with Crippen molar-refractivity contribution in [1.29, 1.82) is 0 Å². The van der Waals surface area contributed by atoms with E-state index in [2.05, 4.69) is 28.9 Å². The van der Waals surface area contributed by atoms with E-state index >= 15 is 0 Å². The van der Waals surface area contributed by atoms with Gasteiger partial charge in [0.1, 0.15) is 5.82 Å². The summed E-state index contributed by atoms with van der Waals surface area (Å²) in [6.45, 7) is 9.22. The Morgan fingerprint density at radius 2 is 2.29 bits per heavy atom. The van der Waals surface area contributed by atoms with Crippen molar-refractivity contribution in [2.75, 3.05) is 19.6 Å². The topological polar surface area (TPSA) is 76.0 Å². The summed E-state index contributed by atoms with van der Waals surface area (Å²) in [7, 11) is -3.51. The van der Waals surface area contributed by atoms with Gasteiger partial charge < -0.3 is 9.88 Å². The molecule has 0 bridgehead atoms. The van der Waals surface area contributed by atoms with Crippen LogP contribution >= 0.6 is 0 Å².